The van der Waals surface area contributed by atoms with Gasteiger partial charge in [0, 0.05) is 5.92 Å². The van der Waals surface area contributed by atoms with E-state index in [0.29, 0.717) is 18.9 Å². The summed E-state index contributed by atoms with van der Waals surface area (Å²) in [5.74, 6) is 0.303. The molecule has 2 aliphatic carbocycles. The lowest BCUT2D eigenvalue weighted by atomic mass is 9.77. The molecule has 1 saturated carbocycles. The van der Waals surface area contributed by atoms with Gasteiger partial charge in [-0.1, -0.05) is 48.4 Å². The Morgan fingerprint density at radius 1 is 1.20 bits per heavy atom. The third kappa shape index (κ3) is 3.35. The molecule has 0 aromatic heterocycles. The first-order valence-corrected chi connectivity index (χ1v) is 9.44. The van der Waals surface area contributed by atoms with Gasteiger partial charge in [0.25, 0.3) is 0 Å². The summed E-state index contributed by atoms with van der Waals surface area (Å²) in [6.07, 6.45) is 8.95. The number of fused-ring (bicyclic) bond motifs is 2. The van der Waals surface area contributed by atoms with Crippen molar-refractivity contribution in [3.63, 3.8) is 0 Å². The summed E-state index contributed by atoms with van der Waals surface area (Å²) < 4.78 is 5.24. The SMILES string of the molecule is O=C1OC[C@@H](Cc2ccccc2)N1C(=O)C1CC=C2CCCC[C@@H]1C2. The van der Waals surface area contributed by atoms with Crippen LogP contribution in [0.5, 0.6) is 0 Å². The van der Waals surface area contributed by atoms with Crippen molar-refractivity contribution in [3.8, 4) is 0 Å². The van der Waals surface area contributed by atoms with Crippen molar-refractivity contribution < 1.29 is 14.3 Å². The maximum atomic E-state index is 13.2. The number of rotatable bonds is 3. The molecule has 1 aromatic carbocycles. The van der Waals surface area contributed by atoms with E-state index in [1.807, 2.05) is 30.3 Å². The van der Waals surface area contributed by atoms with Crippen LogP contribution >= 0.6 is 0 Å². The zero-order valence-electron chi connectivity index (χ0n) is 14.5. The van der Waals surface area contributed by atoms with Gasteiger partial charge in [0.05, 0.1) is 6.04 Å². The van der Waals surface area contributed by atoms with E-state index < -0.39 is 6.09 Å². The summed E-state index contributed by atoms with van der Waals surface area (Å²) in [6, 6.07) is 9.83. The van der Waals surface area contributed by atoms with Gasteiger partial charge in [-0.3, -0.25) is 4.79 Å². The predicted molar refractivity (Wildman–Crippen MR) is 94.9 cm³/mol. The maximum absolute atomic E-state index is 13.2. The lowest BCUT2D eigenvalue weighted by Crippen LogP contribution is -2.45. The second-order valence-electron chi connectivity index (χ2n) is 7.54. The third-order valence-corrected chi connectivity index (χ3v) is 5.91. The quantitative estimate of drug-likeness (QED) is 0.779. The molecule has 2 bridgehead atoms. The number of carbonyl (C=O) groups excluding carboxylic acids is 2. The fraction of sp³-hybridized carbons (Fsp3) is 0.524. The molecule has 4 rings (SSSR count). The Balaban J connectivity index is 1.52. The van der Waals surface area contributed by atoms with Crippen molar-refractivity contribution >= 4 is 12.0 Å². The molecule has 4 nitrogen and oxygen atoms in total. The Morgan fingerprint density at radius 2 is 2.04 bits per heavy atom. The minimum atomic E-state index is -0.464. The number of carbonyl (C=O) groups is 2. The maximum Gasteiger partial charge on any atom is 0.416 e. The molecule has 1 aliphatic heterocycles. The average molecular weight is 339 g/mol. The minimum Gasteiger partial charge on any atom is -0.447 e. The van der Waals surface area contributed by atoms with E-state index in [-0.39, 0.29) is 17.9 Å². The van der Waals surface area contributed by atoms with Crippen LogP contribution in [0.2, 0.25) is 0 Å². The number of hydrogen-bond acceptors (Lipinski definition) is 3. The van der Waals surface area contributed by atoms with E-state index in [2.05, 4.69) is 6.08 Å². The number of nitrogens with zero attached hydrogens (tertiary/aromatic N) is 1. The number of benzene rings is 1. The summed E-state index contributed by atoms with van der Waals surface area (Å²) in [5.41, 5.74) is 2.64. The van der Waals surface area contributed by atoms with E-state index in [9.17, 15) is 9.59 Å². The molecule has 25 heavy (non-hydrogen) atoms. The number of allylic oxidation sites excluding steroid dienone is 2. The second-order valence-corrected chi connectivity index (χ2v) is 7.54. The first kappa shape index (κ1) is 16.4. The summed E-state index contributed by atoms with van der Waals surface area (Å²) in [6.45, 7) is 0.304. The predicted octanol–water partition coefficient (Wildman–Crippen LogP) is 4.10. The molecule has 2 fully saturated rings. The van der Waals surface area contributed by atoms with Gasteiger partial charge in [0.1, 0.15) is 6.61 Å². The van der Waals surface area contributed by atoms with E-state index in [1.54, 1.807) is 0 Å². The smallest absolute Gasteiger partial charge is 0.416 e. The zero-order chi connectivity index (χ0) is 17.2. The van der Waals surface area contributed by atoms with Crippen molar-refractivity contribution in [2.24, 2.45) is 11.8 Å². The van der Waals surface area contributed by atoms with Crippen LogP contribution in [-0.2, 0) is 16.0 Å². The number of imide groups is 1. The van der Waals surface area contributed by atoms with Gasteiger partial charge >= 0.3 is 6.09 Å². The minimum absolute atomic E-state index is 0.0226. The molecule has 1 saturated heterocycles. The van der Waals surface area contributed by atoms with Crippen LogP contribution in [-0.4, -0.2) is 29.5 Å². The van der Waals surface area contributed by atoms with Gasteiger partial charge in [-0.05, 0) is 50.0 Å². The van der Waals surface area contributed by atoms with Gasteiger partial charge in [0.2, 0.25) is 5.91 Å². The molecule has 1 aromatic rings. The van der Waals surface area contributed by atoms with Crippen LogP contribution in [0.1, 0.15) is 44.1 Å². The highest BCUT2D eigenvalue weighted by molar-refractivity contribution is 5.95. The van der Waals surface area contributed by atoms with Crippen LogP contribution < -0.4 is 0 Å². The largest absolute Gasteiger partial charge is 0.447 e. The molecule has 3 aliphatic rings. The number of amides is 2. The standard InChI is InChI=1S/C21H25NO3/c23-20(19-11-10-16-8-4-5-9-17(19)12-16)22-18(14-25-21(22)24)13-15-6-2-1-3-7-15/h1-3,6-7,10,17-19H,4-5,8-9,11-14H2/t17-,18-,19?/m1/s1. The molecule has 0 radical (unpaired) electrons. The zero-order valence-corrected chi connectivity index (χ0v) is 14.5. The molecule has 1 heterocycles. The Kier molecular flexibility index (Phi) is 4.60. The number of hydrogen-bond donors (Lipinski definition) is 0. The van der Waals surface area contributed by atoms with Crippen molar-refractivity contribution in [1.29, 1.82) is 0 Å². The van der Waals surface area contributed by atoms with E-state index in [4.69, 9.17) is 4.74 Å². The summed E-state index contributed by atoms with van der Waals surface area (Å²) in [5, 5.41) is 0. The summed E-state index contributed by atoms with van der Waals surface area (Å²) in [4.78, 5) is 26.9. The average Bonchev–Trinajstić information content (AvgIpc) is 2.88. The monoisotopic (exact) mass is 339 g/mol. The Hall–Kier alpha value is -2.10. The van der Waals surface area contributed by atoms with Gasteiger partial charge in [0.15, 0.2) is 0 Å². The topological polar surface area (TPSA) is 46.6 Å². The van der Waals surface area contributed by atoms with Gasteiger partial charge in [-0.15, -0.1) is 0 Å². The first-order valence-electron chi connectivity index (χ1n) is 9.44. The van der Waals surface area contributed by atoms with Crippen LogP contribution in [0.3, 0.4) is 0 Å². The molecule has 0 N–H and O–H groups in total. The highest BCUT2D eigenvalue weighted by atomic mass is 16.6. The van der Waals surface area contributed by atoms with E-state index in [1.165, 1.54) is 29.7 Å². The molecule has 132 valence electrons. The van der Waals surface area contributed by atoms with E-state index in [0.717, 1.165) is 24.8 Å². The molecule has 0 spiro atoms. The lowest BCUT2D eigenvalue weighted by molar-refractivity contribution is -0.135. The second kappa shape index (κ2) is 7.03. The lowest BCUT2D eigenvalue weighted by Gasteiger charge is -2.32. The van der Waals surface area contributed by atoms with Crippen LogP contribution in [0.4, 0.5) is 4.79 Å². The van der Waals surface area contributed by atoms with Gasteiger partial charge in [-0.2, -0.15) is 0 Å². The normalized spacial score (nSPS) is 29.0. The molecule has 3 atom stereocenters. The van der Waals surface area contributed by atoms with Crippen LogP contribution in [0.15, 0.2) is 42.0 Å². The van der Waals surface area contributed by atoms with Crippen molar-refractivity contribution in [3.05, 3.63) is 47.5 Å². The highest BCUT2D eigenvalue weighted by Crippen LogP contribution is 2.40. The number of cyclic esters (lactones) is 1. The van der Waals surface area contributed by atoms with Gasteiger partial charge < -0.3 is 4.74 Å². The Morgan fingerprint density at radius 3 is 2.88 bits per heavy atom. The first-order chi connectivity index (χ1) is 12.2. The summed E-state index contributed by atoms with van der Waals surface area (Å²) in [7, 11) is 0. The van der Waals surface area contributed by atoms with Crippen molar-refractivity contribution in [1.82, 2.24) is 4.90 Å². The van der Waals surface area contributed by atoms with Crippen LogP contribution in [0.25, 0.3) is 0 Å². The molecule has 4 heteroatoms. The van der Waals surface area contributed by atoms with Crippen LogP contribution in [0, 0.1) is 11.8 Å². The van der Waals surface area contributed by atoms with E-state index >= 15 is 0 Å². The fourth-order valence-corrected chi connectivity index (χ4v) is 4.56. The molecule has 2 amide bonds. The summed E-state index contributed by atoms with van der Waals surface area (Å²) >= 11 is 0. The third-order valence-electron chi connectivity index (χ3n) is 5.91. The van der Waals surface area contributed by atoms with Crippen molar-refractivity contribution in [2.75, 3.05) is 6.61 Å². The molecular weight excluding hydrogens is 314 g/mol. The Bertz CT molecular complexity index is 682. The van der Waals surface area contributed by atoms with Gasteiger partial charge in [-0.25, -0.2) is 9.69 Å². The Labute approximate surface area is 148 Å². The molecular formula is C21H25NO3. The highest BCUT2D eigenvalue weighted by Gasteiger charge is 2.43. The van der Waals surface area contributed by atoms with Crippen molar-refractivity contribution in [2.45, 2.75) is 51.0 Å². The number of ether oxygens (including phenoxy) is 1. The molecule has 1 unspecified atom stereocenters. The fourth-order valence-electron chi connectivity index (χ4n) is 4.56.